The largest absolute Gasteiger partial charge is 0.488 e. The molecule has 3 aromatic carbocycles. The molecule has 0 bridgehead atoms. The molecule has 1 aromatic heterocycles. The highest BCUT2D eigenvalue weighted by molar-refractivity contribution is 9.10. The number of fused-ring (bicyclic) bond motifs is 1. The number of hydrogen-bond donors (Lipinski definition) is 1. The van der Waals surface area contributed by atoms with Crippen LogP contribution in [0.15, 0.2) is 88.6 Å². The standard InChI is InChI=1S/C23H17BrN4O3/c24-20-13-16(14-26-27-23-21(28(29)30)9-4-12-25-23)10-11-22(20)31-15-18-7-3-6-17-5-1-2-8-19(17)18/h1-14H,15H2,(H,25,27). The minimum absolute atomic E-state index is 0.0813. The zero-order valence-electron chi connectivity index (χ0n) is 16.2. The van der Waals surface area contributed by atoms with E-state index in [1.165, 1.54) is 29.1 Å². The summed E-state index contributed by atoms with van der Waals surface area (Å²) in [5, 5.41) is 17.4. The van der Waals surface area contributed by atoms with E-state index in [1.807, 2.05) is 36.4 Å². The summed E-state index contributed by atoms with van der Waals surface area (Å²) in [7, 11) is 0. The van der Waals surface area contributed by atoms with Gasteiger partial charge in [-0.1, -0.05) is 42.5 Å². The molecule has 0 aliphatic rings. The van der Waals surface area contributed by atoms with E-state index in [-0.39, 0.29) is 11.5 Å². The zero-order chi connectivity index (χ0) is 21.6. The molecule has 0 saturated heterocycles. The van der Waals surface area contributed by atoms with Gasteiger partial charge in [0, 0.05) is 12.3 Å². The van der Waals surface area contributed by atoms with Crippen molar-refractivity contribution >= 4 is 44.4 Å². The van der Waals surface area contributed by atoms with E-state index < -0.39 is 4.92 Å². The molecule has 0 aliphatic carbocycles. The lowest BCUT2D eigenvalue weighted by Gasteiger charge is -2.11. The van der Waals surface area contributed by atoms with Gasteiger partial charge >= 0.3 is 5.69 Å². The number of halogens is 1. The molecular weight excluding hydrogens is 460 g/mol. The minimum Gasteiger partial charge on any atom is -0.488 e. The third kappa shape index (κ3) is 4.87. The molecule has 1 heterocycles. The van der Waals surface area contributed by atoms with Crippen molar-refractivity contribution in [2.45, 2.75) is 6.61 Å². The van der Waals surface area contributed by atoms with Gasteiger partial charge in [0.1, 0.15) is 12.4 Å². The average molecular weight is 477 g/mol. The molecule has 0 fully saturated rings. The zero-order valence-corrected chi connectivity index (χ0v) is 17.8. The van der Waals surface area contributed by atoms with Gasteiger partial charge in [-0.15, -0.1) is 0 Å². The highest BCUT2D eigenvalue weighted by Gasteiger charge is 2.13. The van der Waals surface area contributed by atoms with Crippen molar-refractivity contribution < 1.29 is 9.66 Å². The second-order valence-corrected chi connectivity index (χ2v) is 7.47. The van der Waals surface area contributed by atoms with Crippen LogP contribution in [-0.2, 0) is 6.61 Å². The predicted molar refractivity (Wildman–Crippen MR) is 125 cm³/mol. The van der Waals surface area contributed by atoms with Crippen molar-refractivity contribution in [1.82, 2.24) is 4.98 Å². The Morgan fingerprint density at radius 2 is 1.94 bits per heavy atom. The first kappa shape index (κ1) is 20.5. The minimum atomic E-state index is -0.510. The quantitative estimate of drug-likeness (QED) is 0.202. The number of ether oxygens (including phenoxy) is 1. The van der Waals surface area contributed by atoms with Crippen molar-refractivity contribution in [2.24, 2.45) is 5.10 Å². The molecule has 4 aromatic rings. The van der Waals surface area contributed by atoms with Gasteiger partial charge in [0.2, 0.25) is 5.82 Å². The molecule has 0 radical (unpaired) electrons. The van der Waals surface area contributed by atoms with Crippen LogP contribution in [0.25, 0.3) is 10.8 Å². The molecule has 31 heavy (non-hydrogen) atoms. The van der Waals surface area contributed by atoms with Crippen molar-refractivity contribution in [3.63, 3.8) is 0 Å². The average Bonchev–Trinajstić information content (AvgIpc) is 2.79. The normalized spacial score (nSPS) is 11.0. The van der Waals surface area contributed by atoms with E-state index in [4.69, 9.17) is 4.74 Å². The lowest BCUT2D eigenvalue weighted by Crippen LogP contribution is -1.99. The monoisotopic (exact) mass is 476 g/mol. The fourth-order valence-corrected chi connectivity index (χ4v) is 3.60. The number of hydrogen-bond acceptors (Lipinski definition) is 6. The molecule has 0 unspecified atom stereocenters. The van der Waals surface area contributed by atoms with Gasteiger partial charge < -0.3 is 4.74 Å². The van der Waals surface area contributed by atoms with E-state index in [2.05, 4.69) is 55.7 Å². The summed E-state index contributed by atoms with van der Waals surface area (Å²) >= 11 is 3.53. The number of rotatable bonds is 7. The van der Waals surface area contributed by atoms with Gasteiger partial charge in [0.05, 0.1) is 15.6 Å². The molecular formula is C23H17BrN4O3. The molecule has 0 saturated carbocycles. The number of nitrogens with zero attached hydrogens (tertiary/aromatic N) is 3. The Hall–Kier alpha value is -3.78. The SMILES string of the molecule is O=[N+]([O-])c1cccnc1NN=Cc1ccc(OCc2cccc3ccccc23)c(Br)c1. The second-order valence-electron chi connectivity index (χ2n) is 6.62. The first-order valence-corrected chi connectivity index (χ1v) is 10.2. The highest BCUT2D eigenvalue weighted by Crippen LogP contribution is 2.28. The molecule has 0 atom stereocenters. The smallest absolute Gasteiger partial charge is 0.313 e. The summed E-state index contributed by atoms with van der Waals surface area (Å²) in [6, 6.07) is 22.8. The van der Waals surface area contributed by atoms with Crippen LogP contribution in [-0.4, -0.2) is 16.1 Å². The molecule has 0 amide bonds. The van der Waals surface area contributed by atoms with Crippen LogP contribution < -0.4 is 10.2 Å². The van der Waals surface area contributed by atoms with Crippen LogP contribution in [0.1, 0.15) is 11.1 Å². The summed E-state index contributed by atoms with van der Waals surface area (Å²) in [5.41, 5.74) is 4.37. The summed E-state index contributed by atoms with van der Waals surface area (Å²) in [6.07, 6.45) is 3.02. The van der Waals surface area contributed by atoms with Gasteiger partial charge in [0.25, 0.3) is 0 Å². The number of benzene rings is 3. The third-order valence-electron chi connectivity index (χ3n) is 4.59. The third-order valence-corrected chi connectivity index (χ3v) is 5.21. The van der Waals surface area contributed by atoms with Crippen LogP contribution in [0.2, 0.25) is 0 Å². The fourth-order valence-electron chi connectivity index (χ4n) is 3.09. The van der Waals surface area contributed by atoms with E-state index in [0.29, 0.717) is 12.4 Å². The molecule has 0 aliphatic heterocycles. The van der Waals surface area contributed by atoms with Gasteiger partial charge in [-0.2, -0.15) is 5.10 Å². The molecule has 7 nitrogen and oxygen atoms in total. The van der Waals surface area contributed by atoms with Crippen LogP contribution in [0, 0.1) is 10.1 Å². The van der Waals surface area contributed by atoms with Gasteiger partial charge in [-0.3, -0.25) is 15.5 Å². The van der Waals surface area contributed by atoms with E-state index in [9.17, 15) is 10.1 Å². The number of anilines is 1. The Kier molecular flexibility index (Phi) is 6.18. The van der Waals surface area contributed by atoms with E-state index in [0.717, 1.165) is 15.6 Å². The Morgan fingerprint density at radius 3 is 2.77 bits per heavy atom. The number of nitrogens with one attached hydrogen (secondary N) is 1. The van der Waals surface area contributed by atoms with Crippen LogP contribution in [0.3, 0.4) is 0 Å². The Balaban J connectivity index is 1.43. The molecule has 1 N–H and O–H groups in total. The number of hydrazone groups is 1. The second kappa shape index (κ2) is 9.36. The van der Waals surface area contributed by atoms with E-state index in [1.54, 1.807) is 6.21 Å². The van der Waals surface area contributed by atoms with Crippen molar-refractivity contribution in [1.29, 1.82) is 0 Å². The fraction of sp³-hybridized carbons (Fsp3) is 0.0435. The maximum atomic E-state index is 11.0. The Bertz CT molecular complexity index is 1270. The lowest BCUT2D eigenvalue weighted by molar-refractivity contribution is -0.384. The maximum absolute atomic E-state index is 11.0. The van der Waals surface area contributed by atoms with Crippen LogP contribution in [0.4, 0.5) is 11.5 Å². The number of aromatic nitrogens is 1. The van der Waals surface area contributed by atoms with Gasteiger partial charge in [-0.25, -0.2) is 4.98 Å². The van der Waals surface area contributed by atoms with E-state index >= 15 is 0 Å². The highest BCUT2D eigenvalue weighted by atomic mass is 79.9. The lowest BCUT2D eigenvalue weighted by atomic mass is 10.1. The maximum Gasteiger partial charge on any atom is 0.313 e. The summed E-state index contributed by atoms with van der Waals surface area (Å²) in [4.78, 5) is 14.5. The summed E-state index contributed by atoms with van der Waals surface area (Å²) in [6.45, 7) is 0.443. The first-order valence-electron chi connectivity index (χ1n) is 9.39. The van der Waals surface area contributed by atoms with Crippen molar-refractivity contribution in [3.05, 3.63) is 105 Å². The number of pyridine rings is 1. The molecule has 154 valence electrons. The predicted octanol–water partition coefficient (Wildman–Crippen LogP) is 5.93. The van der Waals surface area contributed by atoms with Gasteiger partial charge in [0.15, 0.2) is 0 Å². The van der Waals surface area contributed by atoms with Crippen LogP contribution >= 0.6 is 15.9 Å². The Morgan fingerprint density at radius 1 is 1.10 bits per heavy atom. The van der Waals surface area contributed by atoms with Crippen molar-refractivity contribution in [2.75, 3.05) is 5.43 Å². The first-order chi connectivity index (χ1) is 15.1. The van der Waals surface area contributed by atoms with Gasteiger partial charge in [-0.05, 0) is 62.1 Å². The molecule has 0 spiro atoms. The Labute approximate surface area is 186 Å². The summed E-state index contributed by atoms with van der Waals surface area (Å²) < 4.78 is 6.79. The molecule has 4 rings (SSSR count). The van der Waals surface area contributed by atoms with Crippen molar-refractivity contribution in [3.8, 4) is 5.75 Å². The number of nitro groups is 1. The molecule has 8 heteroatoms. The summed E-state index contributed by atoms with van der Waals surface area (Å²) in [5.74, 6) is 0.788. The van der Waals surface area contributed by atoms with Crippen LogP contribution in [0.5, 0.6) is 5.75 Å². The topological polar surface area (TPSA) is 89.7 Å².